The van der Waals surface area contributed by atoms with Crippen molar-refractivity contribution >= 4 is 5.78 Å². The first kappa shape index (κ1) is 10.4. The summed E-state index contributed by atoms with van der Waals surface area (Å²) < 4.78 is 35.8. The standard InChI is InChI=1S/C6H10F3NO/c1-3-4(11)5(2,10)6(7,8)9/h3,10H2,1-2H3. The number of rotatable bonds is 2. The fourth-order valence-corrected chi connectivity index (χ4v) is 0.525. The molecule has 0 radical (unpaired) electrons. The van der Waals surface area contributed by atoms with E-state index in [1.54, 1.807) is 0 Å². The maximum absolute atomic E-state index is 11.9. The Morgan fingerprint density at radius 1 is 1.45 bits per heavy atom. The van der Waals surface area contributed by atoms with Gasteiger partial charge in [-0.1, -0.05) is 6.92 Å². The van der Waals surface area contributed by atoms with Crippen LogP contribution in [0.5, 0.6) is 0 Å². The molecule has 0 fully saturated rings. The van der Waals surface area contributed by atoms with Crippen LogP contribution < -0.4 is 5.73 Å². The van der Waals surface area contributed by atoms with Gasteiger partial charge in [0.2, 0.25) is 0 Å². The minimum Gasteiger partial charge on any atom is -0.312 e. The van der Waals surface area contributed by atoms with E-state index in [4.69, 9.17) is 5.73 Å². The Hall–Kier alpha value is -0.580. The summed E-state index contributed by atoms with van der Waals surface area (Å²) in [7, 11) is 0. The first-order chi connectivity index (χ1) is 4.73. The highest BCUT2D eigenvalue weighted by Crippen LogP contribution is 2.29. The summed E-state index contributed by atoms with van der Waals surface area (Å²) in [5.41, 5.74) is 2.08. The summed E-state index contributed by atoms with van der Waals surface area (Å²) in [5, 5.41) is 0. The number of carbonyl (C=O) groups excluding carboxylic acids is 1. The van der Waals surface area contributed by atoms with Crippen molar-refractivity contribution in [3.05, 3.63) is 0 Å². The third-order valence-electron chi connectivity index (χ3n) is 1.49. The van der Waals surface area contributed by atoms with Gasteiger partial charge in [0.15, 0.2) is 11.3 Å². The number of hydrogen-bond donors (Lipinski definition) is 1. The highest BCUT2D eigenvalue weighted by atomic mass is 19.4. The Kier molecular flexibility index (Phi) is 2.66. The van der Waals surface area contributed by atoms with Crippen molar-refractivity contribution in [2.45, 2.75) is 32.0 Å². The second kappa shape index (κ2) is 2.81. The molecule has 0 aliphatic carbocycles. The van der Waals surface area contributed by atoms with Crippen molar-refractivity contribution in [2.24, 2.45) is 5.73 Å². The maximum Gasteiger partial charge on any atom is 0.413 e. The summed E-state index contributed by atoms with van der Waals surface area (Å²) in [5.74, 6) is -0.995. The van der Waals surface area contributed by atoms with E-state index in [9.17, 15) is 18.0 Å². The monoisotopic (exact) mass is 169 g/mol. The number of hydrogen-bond acceptors (Lipinski definition) is 2. The van der Waals surface area contributed by atoms with Gasteiger partial charge in [-0.05, 0) is 6.92 Å². The topological polar surface area (TPSA) is 43.1 Å². The molecule has 0 saturated heterocycles. The molecule has 5 heteroatoms. The van der Waals surface area contributed by atoms with E-state index < -0.39 is 17.5 Å². The van der Waals surface area contributed by atoms with Gasteiger partial charge < -0.3 is 5.73 Å². The molecule has 1 atom stereocenters. The molecule has 0 saturated carbocycles. The Morgan fingerprint density at radius 3 is 1.91 bits per heavy atom. The number of nitrogens with two attached hydrogens (primary N) is 1. The number of carbonyl (C=O) groups is 1. The Labute approximate surface area is 62.6 Å². The minimum absolute atomic E-state index is 0.202. The van der Waals surface area contributed by atoms with Crippen LogP contribution in [-0.4, -0.2) is 17.5 Å². The van der Waals surface area contributed by atoms with Crippen LogP contribution in [0.2, 0.25) is 0 Å². The molecule has 0 aliphatic heterocycles. The largest absolute Gasteiger partial charge is 0.413 e. The van der Waals surface area contributed by atoms with Gasteiger partial charge in [0.05, 0.1) is 0 Å². The lowest BCUT2D eigenvalue weighted by Gasteiger charge is -2.25. The molecule has 66 valence electrons. The fraction of sp³-hybridized carbons (Fsp3) is 0.833. The maximum atomic E-state index is 11.9. The normalized spacial score (nSPS) is 17.6. The Balaban J connectivity index is 4.59. The van der Waals surface area contributed by atoms with Crippen LogP contribution in [0.1, 0.15) is 20.3 Å². The van der Waals surface area contributed by atoms with Gasteiger partial charge in [-0.15, -0.1) is 0 Å². The first-order valence-corrected chi connectivity index (χ1v) is 3.12. The molecule has 0 aromatic heterocycles. The molecule has 0 bridgehead atoms. The first-order valence-electron chi connectivity index (χ1n) is 3.12. The molecule has 0 rings (SSSR count). The van der Waals surface area contributed by atoms with E-state index in [1.807, 2.05) is 0 Å². The van der Waals surface area contributed by atoms with Gasteiger partial charge in [-0.2, -0.15) is 13.2 Å². The third kappa shape index (κ3) is 1.92. The predicted octanol–water partition coefficient (Wildman–Crippen LogP) is 1.25. The molecule has 11 heavy (non-hydrogen) atoms. The fourth-order valence-electron chi connectivity index (χ4n) is 0.525. The average molecular weight is 169 g/mol. The van der Waals surface area contributed by atoms with Crippen LogP contribution in [0.15, 0.2) is 0 Å². The van der Waals surface area contributed by atoms with Crippen LogP contribution in [0, 0.1) is 0 Å². The van der Waals surface area contributed by atoms with E-state index in [0.29, 0.717) is 6.92 Å². The lowest BCUT2D eigenvalue weighted by Crippen LogP contribution is -2.56. The quantitative estimate of drug-likeness (QED) is 0.675. The van der Waals surface area contributed by atoms with Gasteiger partial charge >= 0.3 is 6.18 Å². The van der Waals surface area contributed by atoms with Crippen molar-refractivity contribution in [2.75, 3.05) is 0 Å². The summed E-state index contributed by atoms with van der Waals surface area (Å²) in [6, 6.07) is 0. The second-order valence-corrected chi connectivity index (χ2v) is 2.48. The molecular formula is C6H10F3NO. The SMILES string of the molecule is CCC(=O)C(C)(N)C(F)(F)F. The Bertz CT molecular complexity index is 162. The van der Waals surface area contributed by atoms with Gasteiger partial charge in [0.25, 0.3) is 0 Å². The van der Waals surface area contributed by atoms with Crippen LogP contribution >= 0.6 is 0 Å². The average Bonchev–Trinajstić information content (AvgIpc) is 1.83. The smallest absolute Gasteiger partial charge is 0.312 e. The van der Waals surface area contributed by atoms with Crippen molar-refractivity contribution in [1.29, 1.82) is 0 Å². The van der Waals surface area contributed by atoms with Crippen LogP contribution in [0.3, 0.4) is 0 Å². The number of Topliss-reactive ketones (excluding diaryl/α,β-unsaturated/α-hetero) is 1. The number of alkyl halides is 3. The zero-order valence-corrected chi connectivity index (χ0v) is 6.33. The molecule has 0 aromatic rings. The zero-order chi connectivity index (χ0) is 9.28. The number of ketones is 1. The van der Waals surface area contributed by atoms with E-state index in [0.717, 1.165) is 0 Å². The zero-order valence-electron chi connectivity index (χ0n) is 6.33. The third-order valence-corrected chi connectivity index (χ3v) is 1.49. The van der Waals surface area contributed by atoms with E-state index in [1.165, 1.54) is 6.92 Å². The van der Waals surface area contributed by atoms with Gasteiger partial charge in [0, 0.05) is 6.42 Å². The van der Waals surface area contributed by atoms with E-state index >= 15 is 0 Å². The number of halogens is 3. The molecular weight excluding hydrogens is 159 g/mol. The molecule has 1 unspecified atom stereocenters. The predicted molar refractivity (Wildman–Crippen MR) is 33.9 cm³/mol. The summed E-state index contributed by atoms with van der Waals surface area (Å²) in [6.07, 6.45) is -4.85. The summed E-state index contributed by atoms with van der Waals surface area (Å²) in [6.45, 7) is 2.03. The van der Waals surface area contributed by atoms with E-state index in [-0.39, 0.29) is 6.42 Å². The highest BCUT2D eigenvalue weighted by Gasteiger charge is 2.52. The molecule has 2 nitrogen and oxygen atoms in total. The van der Waals surface area contributed by atoms with Crippen molar-refractivity contribution in [3.8, 4) is 0 Å². The van der Waals surface area contributed by atoms with Gasteiger partial charge in [0.1, 0.15) is 0 Å². The molecule has 0 spiro atoms. The van der Waals surface area contributed by atoms with Crippen LogP contribution in [-0.2, 0) is 4.79 Å². The van der Waals surface area contributed by atoms with Gasteiger partial charge in [-0.25, -0.2) is 0 Å². The van der Waals surface area contributed by atoms with Crippen molar-refractivity contribution < 1.29 is 18.0 Å². The Morgan fingerprint density at radius 2 is 1.82 bits per heavy atom. The minimum atomic E-state index is -4.65. The molecule has 0 heterocycles. The van der Waals surface area contributed by atoms with Crippen molar-refractivity contribution in [1.82, 2.24) is 0 Å². The second-order valence-electron chi connectivity index (χ2n) is 2.48. The lowest BCUT2D eigenvalue weighted by atomic mass is 9.95. The summed E-state index contributed by atoms with van der Waals surface area (Å²) >= 11 is 0. The van der Waals surface area contributed by atoms with E-state index in [2.05, 4.69) is 0 Å². The summed E-state index contributed by atoms with van der Waals surface area (Å²) in [4.78, 5) is 10.6. The van der Waals surface area contributed by atoms with Crippen molar-refractivity contribution in [3.63, 3.8) is 0 Å². The molecule has 0 aromatic carbocycles. The molecule has 0 aliphatic rings. The van der Waals surface area contributed by atoms with Crippen LogP contribution in [0.25, 0.3) is 0 Å². The van der Waals surface area contributed by atoms with Gasteiger partial charge in [-0.3, -0.25) is 4.79 Å². The van der Waals surface area contributed by atoms with Crippen LogP contribution in [0.4, 0.5) is 13.2 Å². The highest BCUT2D eigenvalue weighted by molar-refractivity contribution is 5.88. The lowest BCUT2D eigenvalue weighted by molar-refractivity contribution is -0.185. The molecule has 2 N–H and O–H groups in total. The molecule has 0 amide bonds.